The van der Waals surface area contributed by atoms with Gasteiger partial charge in [0.15, 0.2) is 5.78 Å². The average molecular weight is 208 g/mol. The van der Waals surface area contributed by atoms with E-state index in [9.17, 15) is 4.79 Å². The lowest BCUT2D eigenvalue weighted by Crippen LogP contribution is -2.23. The van der Waals surface area contributed by atoms with Crippen molar-refractivity contribution < 1.29 is 9.53 Å². The molecule has 0 N–H and O–H groups in total. The van der Waals surface area contributed by atoms with Crippen LogP contribution in [0.4, 0.5) is 0 Å². The fourth-order valence-electron chi connectivity index (χ4n) is 1.10. The first-order chi connectivity index (χ1) is 7.05. The Kier molecular flexibility index (Phi) is 3.91. The minimum Gasteiger partial charge on any atom is -0.379 e. The smallest absolute Gasteiger partial charge is 0.181 e. The summed E-state index contributed by atoms with van der Waals surface area (Å²) in [7, 11) is 1.65. The second kappa shape index (κ2) is 4.98. The highest BCUT2D eigenvalue weighted by atomic mass is 16.5. The SMILES string of the molecule is COC(C)(C)CCC(=O)c1ccncn1. The van der Waals surface area contributed by atoms with Gasteiger partial charge >= 0.3 is 0 Å². The summed E-state index contributed by atoms with van der Waals surface area (Å²) < 4.78 is 5.24. The first kappa shape index (κ1) is 11.8. The van der Waals surface area contributed by atoms with Crippen molar-refractivity contribution >= 4 is 5.78 Å². The van der Waals surface area contributed by atoms with E-state index < -0.39 is 0 Å². The fourth-order valence-corrected chi connectivity index (χ4v) is 1.10. The number of Topliss-reactive ketones (excluding diaryl/α,β-unsaturated/α-hetero) is 1. The average Bonchev–Trinajstić information content (AvgIpc) is 2.27. The van der Waals surface area contributed by atoms with Gasteiger partial charge in [0.05, 0.1) is 5.60 Å². The first-order valence-electron chi connectivity index (χ1n) is 4.89. The summed E-state index contributed by atoms with van der Waals surface area (Å²) in [5, 5.41) is 0. The summed E-state index contributed by atoms with van der Waals surface area (Å²) >= 11 is 0. The van der Waals surface area contributed by atoms with Gasteiger partial charge in [-0.15, -0.1) is 0 Å². The zero-order valence-corrected chi connectivity index (χ0v) is 9.36. The summed E-state index contributed by atoms with van der Waals surface area (Å²) in [4.78, 5) is 19.3. The van der Waals surface area contributed by atoms with E-state index in [1.807, 2.05) is 13.8 Å². The second-order valence-electron chi connectivity index (χ2n) is 3.98. The summed E-state index contributed by atoms with van der Waals surface area (Å²) in [5.41, 5.74) is 0.208. The standard InChI is InChI=1S/C11H16N2O2/c1-11(2,15-3)6-4-10(14)9-5-7-12-8-13-9/h5,7-8H,4,6H2,1-3H3. The molecule has 15 heavy (non-hydrogen) atoms. The van der Waals surface area contributed by atoms with E-state index in [1.54, 1.807) is 19.4 Å². The van der Waals surface area contributed by atoms with Crippen LogP contribution >= 0.6 is 0 Å². The molecule has 0 fully saturated rings. The maximum Gasteiger partial charge on any atom is 0.181 e. The molecule has 0 unspecified atom stereocenters. The van der Waals surface area contributed by atoms with E-state index >= 15 is 0 Å². The van der Waals surface area contributed by atoms with Crippen molar-refractivity contribution in [1.82, 2.24) is 9.97 Å². The summed E-state index contributed by atoms with van der Waals surface area (Å²) in [6, 6.07) is 1.63. The molecule has 1 rings (SSSR count). The number of rotatable bonds is 5. The molecular formula is C11H16N2O2. The molecule has 1 aromatic heterocycles. The van der Waals surface area contributed by atoms with E-state index in [1.165, 1.54) is 6.33 Å². The van der Waals surface area contributed by atoms with Crippen LogP contribution in [-0.4, -0.2) is 28.5 Å². The Hall–Kier alpha value is -1.29. The van der Waals surface area contributed by atoms with Crippen LogP contribution in [0.3, 0.4) is 0 Å². The van der Waals surface area contributed by atoms with Gasteiger partial charge in [-0.2, -0.15) is 0 Å². The van der Waals surface area contributed by atoms with Crippen LogP contribution < -0.4 is 0 Å². The quantitative estimate of drug-likeness (QED) is 0.693. The van der Waals surface area contributed by atoms with Crippen molar-refractivity contribution in [2.45, 2.75) is 32.3 Å². The highest BCUT2D eigenvalue weighted by Gasteiger charge is 2.18. The molecular weight excluding hydrogens is 192 g/mol. The third kappa shape index (κ3) is 3.75. The Balaban J connectivity index is 2.51. The summed E-state index contributed by atoms with van der Waals surface area (Å²) in [5.74, 6) is 0.0301. The van der Waals surface area contributed by atoms with Gasteiger partial charge in [0.2, 0.25) is 0 Å². The van der Waals surface area contributed by atoms with Gasteiger partial charge in [-0.3, -0.25) is 4.79 Å². The van der Waals surface area contributed by atoms with E-state index in [-0.39, 0.29) is 11.4 Å². The maximum atomic E-state index is 11.7. The monoisotopic (exact) mass is 208 g/mol. The molecule has 0 aliphatic rings. The number of hydrogen-bond donors (Lipinski definition) is 0. The summed E-state index contributed by atoms with van der Waals surface area (Å²) in [6.07, 6.45) is 4.08. The molecule has 0 amide bonds. The molecule has 0 atom stereocenters. The molecule has 0 radical (unpaired) electrons. The van der Waals surface area contributed by atoms with E-state index in [2.05, 4.69) is 9.97 Å². The number of carbonyl (C=O) groups excluding carboxylic acids is 1. The molecule has 4 heteroatoms. The molecule has 4 nitrogen and oxygen atoms in total. The van der Waals surface area contributed by atoms with Crippen LogP contribution in [0.5, 0.6) is 0 Å². The zero-order chi connectivity index (χ0) is 11.3. The van der Waals surface area contributed by atoms with Gasteiger partial charge in [0, 0.05) is 19.7 Å². The van der Waals surface area contributed by atoms with Crippen LogP contribution in [0, 0.1) is 0 Å². The van der Waals surface area contributed by atoms with Crippen molar-refractivity contribution in [2.24, 2.45) is 0 Å². The van der Waals surface area contributed by atoms with Gasteiger partial charge in [-0.1, -0.05) is 0 Å². The van der Waals surface area contributed by atoms with Crippen molar-refractivity contribution in [2.75, 3.05) is 7.11 Å². The van der Waals surface area contributed by atoms with Crippen molar-refractivity contribution in [1.29, 1.82) is 0 Å². The Morgan fingerprint density at radius 1 is 1.53 bits per heavy atom. The number of methoxy groups -OCH3 is 1. The van der Waals surface area contributed by atoms with Crippen LogP contribution in [-0.2, 0) is 4.74 Å². The van der Waals surface area contributed by atoms with Crippen LogP contribution in [0.1, 0.15) is 37.2 Å². The second-order valence-corrected chi connectivity index (χ2v) is 3.98. The van der Waals surface area contributed by atoms with Gasteiger partial charge in [0.25, 0.3) is 0 Å². The predicted octanol–water partition coefficient (Wildman–Crippen LogP) is 1.86. The Bertz CT molecular complexity index is 323. The Morgan fingerprint density at radius 3 is 2.80 bits per heavy atom. The van der Waals surface area contributed by atoms with Crippen molar-refractivity contribution in [3.05, 3.63) is 24.3 Å². The van der Waals surface area contributed by atoms with Crippen LogP contribution in [0.15, 0.2) is 18.6 Å². The molecule has 0 bridgehead atoms. The summed E-state index contributed by atoms with van der Waals surface area (Å²) in [6.45, 7) is 3.92. The minimum atomic E-state index is -0.261. The van der Waals surface area contributed by atoms with E-state index in [0.29, 0.717) is 18.5 Å². The molecule has 1 heterocycles. The Labute approximate surface area is 89.7 Å². The van der Waals surface area contributed by atoms with Gasteiger partial charge in [-0.25, -0.2) is 9.97 Å². The van der Waals surface area contributed by atoms with Gasteiger partial charge in [-0.05, 0) is 26.3 Å². The Morgan fingerprint density at radius 2 is 2.27 bits per heavy atom. The highest BCUT2D eigenvalue weighted by Crippen LogP contribution is 2.16. The van der Waals surface area contributed by atoms with E-state index in [0.717, 1.165) is 0 Å². The fraction of sp³-hybridized carbons (Fsp3) is 0.545. The lowest BCUT2D eigenvalue weighted by molar-refractivity contribution is 0.0141. The molecule has 0 aliphatic heterocycles. The predicted molar refractivity (Wildman–Crippen MR) is 56.7 cm³/mol. The molecule has 0 saturated heterocycles. The molecule has 82 valence electrons. The number of ether oxygens (including phenoxy) is 1. The number of nitrogens with zero attached hydrogens (tertiary/aromatic N) is 2. The zero-order valence-electron chi connectivity index (χ0n) is 9.36. The van der Waals surface area contributed by atoms with Crippen molar-refractivity contribution in [3.8, 4) is 0 Å². The number of aromatic nitrogens is 2. The number of carbonyl (C=O) groups is 1. The maximum absolute atomic E-state index is 11.7. The van der Waals surface area contributed by atoms with Crippen molar-refractivity contribution in [3.63, 3.8) is 0 Å². The minimum absolute atomic E-state index is 0.0301. The molecule has 0 aromatic carbocycles. The number of hydrogen-bond acceptors (Lipinski definition) is 4. The lowest BCUT2D eigenvalue weighted by Gasteiger charge is -2.21. The lowest BCUT2D eigenvalue weighted by atomic mass is 10.00. The van der Waals surface area contributed by atoms with E-state index in [4.69, 9.17) is 4.74 Å². The van der Waals surface area contributed by atoms with Gasteiger partial charge < -0.3 is 4.74 Å². The number of ketones is 1. The molecule has 0 spiro atoms. The molecule has 1 aromatic rings. The topological polar surface area (TPSA) is 52.1 Å². The van der Waals surface area contributed by atoms with Crippen LogP contribution in [0.2, 0.25) is 0 Å². The first-order valence-corrected chi connectivity index (χ1v) is 4.89. The normalized spacial score (nSPS) is 11.4. The van der Waals surface area contributed by atoms with Gasteiger partial charge in [0.1, 0.15) is 12.0 Å². The molecule has 0 saturated carbocycles. The largest absolute Gasteiger partial charge is 0.379 e. The van der Waals surface area contributed by atoms with Crippen LogP contribution in [0.25, 0.3) is 0 Å². The highest BCUT2D eigenvalue weighted by molar-refractivity contribution is 5.94. The molecule has 0 aliphatic carbocycles. The third-order valence-corrected chi connectivity index (χ3v) is 2.37. The third-order valence-electron chi connectivity index (χ3n) is 2.37.